The van der Waals surface area contributed by atoms with E-state index in [2.05, 4.69) is 4.72 Å². The van der Waals surface area contributed by atoms with E-state index in [1.54, 1.807) is 36.4 Å². The average Bonchev–Trinajstić information content (AvgIpc) is 2.70. The van der Waals surface area contributed by atoms with E-state index < -0.39 is 14.9 Å². The van der Waals surface area contributed by atoms with Crippen molar-refractivity contribution in [3.05, 3.63) is 87.4 Å². The van der Waals surface area contributed by atoms with Crippen LogP contribution in [0, 0.1) is 10.1 Å². The minimum atomic E-state index is -3.93. The molecule has 3 aromatic rings. The normalized spacial score (nSPS) is 11.1. The van der Waals surface area contributed by atoms with Crippen LogP contribution < -0.4 is 9.46 Å². The van der Waals surface area contributed by atoms with Crippen LogP contribution in [0.15, 0.2) is 71.6 Å². The first kappa shape index (κ1) is 21.6. The van der Waals surface area contributed by atoms with Crippen LogP contribution in [0.2, 0.25) is 5.02 Å². The molecule has 0 atom stereocenters. The number of nitrogens with one attached hydrogen (secondary N) is 1. The van der Waals surface area contributed by atoms with E-state index >= 15 is 0 Å². The molecule has 0 saturated carbocycles. The summed E-state index contributed by atoms with van der Waals surface area (Å²) in [7, 11) is -3.93. The lowest BCUT2D eigenvalue weighted by Gasteiger charge is -2.11. The van der Waals surface area contributed by atoms with Gasteiger partial charge in [0.2, 0.25) is 0 Å². The van der Waals surface area contributed by atoms with Gasteiger partial charge in [0.25, 0.3) is 15.7 Å². The Morgan fingerprint density at radius 1 is 1.00 bits per heavy atom. The number of aryl methyl sites for hydroxylation is 1. The van der Waals surface area contributed by atoms with Gasteiger partial charge >= 0.3 is 0 Å². The molecule has 9 heteroatoms. The topological polar surface area (TPSA) is 98.5 Å². The van der Waals surface area contributed by atoms with Gasteiger partial charge < -0.3 is 4.74 Å². The summed E-state index contributed by atoms with van der Waals surface area (Å²) in [6, 6.07) is 16.7. The number of sulfonamides is 1. The molecule has 30 heavy (non-hydrogen) atoms. The van der Waals surface area contributed by atoms with E-state index in [0.717, 1.165) is 24.5 Å². The number of hydrogen-bond acceptors (Lipinski definition) is 5. The molecule has 3 rings (SSSR count). The minimum Gasteiger partial charge on any atom is -0.457 e. The molecule has 156 valence electrons. The molecule has 0 amide bonds. The van der Waals surface area contributed by atoms with E-state index in [-0.39, 0.29) is 22.0 Å². The highest BCUT2D eigenvalue weighted by Gasteiger charge is 2.18. The lowest BCUT2D eigenvalue weighted by atomic mass is 10.1. The van der Waals surface area contributed by atoms with Crippen LogP contribution in [0.3, 0.4) is 0 Å². The second-order valence-electron chi connectivity index (χ2n) is 6.53. The van der Waals surface area contributed by atoms with Crippen molar-refractivity contribution in [1.29, 1.82) is 0 Å². The van der Waals surface area contributed by atoms with Gasteiger partial charge in [0, 0.05) is 17.2 Å². The van der Waals surface area contributed by atoms with Gasteiger partial charge in [0.05, 0.1) is 21.6 Å². The van der Waals surface area contributed by atoms with Crippen LogP contribution in [0.25, 0.3) is 0 Å². The molecule has 7 nitrogen and oxygen atoms in total. The van der Waals surface area contributed by atoms with Crippen LogP contribution in [-0.4, -0.2) is 13.3 Å². The average molecular weight is 447 g/mol. The van der Waals surface area contributed by atoms with Gasteiger partial charge in [-0.15, -0.1) is 0 Å². The van der Waals surface area contributed by atoms with E-state index in [1.807, 2.05) is 6.92 Å². The Labute approximate surface area is 179 Å². The molecule has 0 aliphatic rings. The van der Waals surface area contributed by atoms with Crippen LogP contribution in [0.5, 0.6) is 11.5 Å². The van der Waals surface area contributed by atoms with Gasteiger partial charge in [0.1, 0.15) is 11.5 Å². The highest BCUT2D eigenvalue weighted by atomic mass is 35.5. The first-order valence-electron chi connectivity index (χ1n) is 9.11. The fourth-order valence-corrected chi connectivity index (χ4v) is 3.95. The number of nitrogens with zero attached hydrogens (tertiary/aromatic N) is 1. The molecule has 0 radical (unpaired) electrons. The number of nitro benzene ring substituents is 1. The maximum atomic E-state index is 12.7. The lowest BCUT2D eigenvalue weighted by Crippen LogP contribution is -2.13. The number of ether oxygens (including phenoxy) is 1. The molecular weight excluding hydrogens is 428 g/mol. The number of halogens is 1. The van der Waals surface area contributed by atoms with Crippen molar-refractivity contribution in [3.8, 4) is 11.5 Å². The van der Waals surface area contributed by atoms with E-state index in [0.29, 0.717) is 10.8 Å². The highest BCUT2D eigenvalue weighted by molar-refractivity contribution is 7.92. The molecular formula is C21H19ClN2O5S. The first-order chi connectivity index (χ1) is 14.3. The van der Waals surface area contributed by atoms with Crippen molar-refractivity contribution < 1.29 is 18.1 Å². The van der Waals surface area contributed by atoms with Crippen LogP contribution in [-0.2, 0) is 16.4 Å². The molecule has 0 aromatic heterocycles. The summed E-state index contributed by atoms with van der Waals surface area (Å²) in [6.07, 6.45) is 1.80. The molecule has 0 aliphatic heterocycles. The molecule has 0 unspecified atom stereocenters. The van der Waals surface area contributed by atoms with Gasteiger partial charge in [-0.1, -0.05) is 37.1 Å². The van der Waals surface area contributed by atoms with Gasteiger partial charge in [-0.2, -0.15) is 0 Å². The Kier molecular flexibility index (Phi) is 6.59. The number of hydrogen-bond donors (Lipinski definition) is 1. The SMILES string of the molecule is CCCc1ccc(S(=O)(=O)Nc2cc(Oc3ccc(Cl)cc3)cc([N+](=O)[O-])c2)cc1. The van der Waals surface area contributed by atoms with E-state index in [9.17, 15) is 18.5 Å². The molecule has 0 heterocycles. The fraction of sp³-hybridized carbons (Fsp3) is 0.143. The zero-order valence-electron chi connectivity index (χ0n) is 16.0. The summed E-state index contributed by atoms with van der Waals surface area (Å²) in [5.74, 6) is 0.516. The molecule has 0 spiro atoms. The number of nitro groups is 1. The second kappa shape index (κ2) is 9.15. The number of anilines is 1. The Balaban J connectivity index is 1.89. The molecule has 3 aromatic carbocycles. The van der Waals surface area contributed by atoms with Crippen molar-refractivity contribution in [1.82, 2.24) is 0 Å². The summed E-state index contributed by atoms with van der Waals surface area (Å²) >= 11 is 5.84. The van der Waals surface area contributed by atoms with Crippen molar-refractivity contribution in [3.63, 3.8) is 0 Å². The predicted molar refractivity (Wildman–Crippen MR) is 116 cm³/mol. The summed E-state index contributed by atoms with van der Waals surface area (Å²) in [5.41, 5.74) is 0.744. The highest BCUT2D eigenvalue weighted by Crippen LogP contribution is 2.31. The first-order valence-corrected chi connectivity index (χ1v) is 11.0. The van der Waals surface area contributed by atoms with Crippen molar-refractivity contribution in [2.24, 2.45) is 0 Å². The second-order valence-corrected chi connectivity index (χ2v) is 8.65. The maximum Gasteiger partial charge on any atom is 0.275 e. The molecule has 0 bridgehead atoms. The maximum absolute atomic E-state index is 12.7. The van der Waals surface area contributed by atoms with Crippen molar-refractivity contribution in [2.45, 2.75) is 24.7 Å². The third-order valence-corrected chi connectivity index (χ3v) is 5.83. The standard InChI is InChI=1S/C21H19ClN2O5S/c1-2-3-15-4-10-21(11-5-15)30(27,28)23-17-12-18(24(25)26)14-20(13-17)29-19-8-6-16(22)7-9-19/h4-14,23H,2-3H2,1H3. The largest absolute Gasteiger partial charge is 0.457 e. The Hall–Kier alpha value is -3.10. The Morgan fingerprint density at radius 2 is 1.67 bits per heavy atom. The quantitative estimate of drug-likeness (QED) is 0.348. The zero-order chi connectivity index (χ0) is 21.7. The summed E-state index contributed by atoms with van der Waals surface area (Å²) in [4.78, 5) is 10.7. The zero-order valence-corrected chi connectivity index (χ0v) is 17.6. The summed E-state index contributed by atoms with van der Waals surface area (Å²) in [6.45, 7) is 2.04. The molecule has 0 saturated heterocycles. The summed E-state index contributed by atoms with van der Waals surface area (Å²) < 4.78 is 33.5. The van der Waals surface area contributed by atoms with Gasteiger partial charge in [-0.05, 0) is 48.4 Å². The number of benzene rings is 3. The lowest BCUT2D eigenvalue weighted by molar-refractivity contribution is -0.384. The van der Waals surface area contributed by atoms with Crippen molar-refractivity contribution >= 4 is 33.0 Å². The van der Waals surface area contributed by atoms with E-state index in [1.165, 1.54) is 24.3 Å². The van der Waals surface area contributed by atoms with Gasteiger partial charge in [-0.3, -0.25) is 14.8 Å². The van der Waals surface area contributed by atoms with Crippen LogP contribution in [0.4, 0.5) is 11.4 Å². The Bertz CT molecular complexity index is 1150. The van der Waals surface area contributed by atoms with Crippen LogP contribution >= 0.6 is 11.6 Å². The molecule has 1 N–H and O–H groups in total. The van der Waals surface area contributed by atoms with E-state index in [4.69, 9.17) is 16.3 Å². The molecule has 0 fully saturated rings. The fourth-order valence-electron chi connectivity index (χ4n) is 2.78. The third-order valence-electron chi connectivity index (χ3n) is 4.18. The molecule has 0 aliphatic carbocycles. The van der Waals surface area contributed by atoms with Gasteiger partial charge in [-0.25, -0.2) is 8.42 Å². The predicted octanol–water partition coefficient (Wildman–Crippen LogP) is 5.79. The number of non-ortho nitro benzene ring substituents is 1. The monoisotopic (exact) mass is 446 g/mol. The van der Waals surface area contributed by atoms with Gasteiger partial charge in [0.15, 0.2) is 0 Å². The smallest absolute Gasteiger partial charge is 0.275 e. The number of rotatable bonds is 8. The van der Waals surface area contributed by atoms with Crippen LogP contribution in [0.1, 0.15) is 18.9 Å². The Morgan fingerprint density at radius 3 is 2.27 bits per heavy atom. The summed E-state index contributed by atoms with van der Waals surface area (Å²) in [5, 5.41) is 11.8. The minimum absolute atomic E-state index is 0.0193. The van der Waals surface area contributed by atoms with Crippen molar-refractivity contribution in [2.75, 3.05) is 4.72 Å². The third kappa shape index (κ3) is 5.49.